The van der Waals surface area contributed by atoms with Gasteiger partial charge in [0.2, 0.25) is 0 Å². The average molecular weight is 609 g/mol. The first-order valence-electron chi connectivity index (χ1n) is 12.2. The number of rotatable bonds is 2. The first-order valence-corrected chi connectivity index (χ1v) is 14.1. The lowest BCUT2D eigenvalue weighted by atomic mass is 10.1. The SMILES string of the molecule is Nc1ncnc2c1ncn2[C@@H]1O[C@@H]2CO[P+](=O)O[C@@H]3[C@H](O)[C@@H](COPO[C@H]2[C@H]1O)O[C@H]3n1cnc2c(N)ncnc21. The summed E-state index contributed by atoms with van der Waals surface area (Å²) in [5.74, 6) is 0.329. The van der Waals surface area contributed by atoms with E-state index in [2.05, 4.69) is 29.9 Å². The summed E-state index contributed by atoms with van der Waals surface area (Å²) in [5, 5.41) is 22.1. The van der Waals surface area contributed by atoms with Crippen molar-refractivity contribution in [3.8, 4) is 0 Å². The molecule has 0 saturated carbocycles. The smallest absolute Gasteiger partial charge is 0.387 e. The summed E-state index contributed by atoms with van der Waals surface area (Å²) >= 11 is 0. The molecule has 2 bridgehead atoms. The van der Waals surface area contributed by atoms with E-state index in [4.69, 9.17) is 39.0 Å². The standard InChI is InChI=1S/C20H23N10O9P2/c21-15-9-17(25-3-23-15)29(5-27-9)19-12(32)13-8(37-19)2-35-41(33)39-14-11(31)7(1-34-40-38-13)36-20(14)30-6-28-10-16(22)24-4-26-18(10)30/h3-8,11-14,19-20,31-32,40H,1-2H2,(H2,21,23,25)(H2,22,24,26)/q+1/t7-,8-,11-,12-,13-,14-,19-,20-/m1/s1. The normalized spacial score (nSPS) is 34.4. The van der Waals surface area contributed by atoms with Gasteiger partial charge in [-0.05, 0) is 0 Å². The number of ether oxygens (including phenoxy) is 2. The molecule has 4 aromatic rings. The zero-order valence-electron chi connectivity index (χ0n) is 20.8. The molecule has 3 aliphatic rings. The topological polar surface area (TPSA) is 252 Å². The van der Waals surface area contributed by atoms with Crippen LogP contribution >= 0.6 is 17.3 Å². The summed E-state index contributed by atoms with van der Waals surface area (Å²) in [6, 6.07) is 0. The van der Waals surface area contributed by atoms with Crippen LogP contribution in [0.1, 0.15) is 12.5 Å². The van der Waals surface area contributed by atoms with Gasteiger partial charge in [0.1, 0.15) is 60.8 Å². The largest absolute Gasteiger partial charge is 0.698 e. The molecule has 21 heteroatoms. The highest BCUT2D eigenvalue weighted by molar-refractivity contribution is 7.33. The predicted octanol–water partition coefficient (Wildman–Crippen LogP) is -0.670. The van der Waals surface area contributed by atoms with Crippen LogP contribution in [0.3, 0.4) is 0 Å². The number of nitrogens with zero attached hydrogens (tertiary/aromatic N) is 8. The van der Waals surface area contributed by atoms with E-state index in [0.29, 0.717) is 22.3 Å². The minimum Gasteiger partial charge on any atom is -0.387 e. The fraction of sp³-hybridized carbons (Fsp3) is 0.500. The van der Waals surface area contributed by atoms with E-state index < -0.39 is 66.4 Å². The van der Waals surface area contributed by atoms with Crippen LogP contribution in [0.5, 0.6) is 0 Å². The van der Waals surface area contributed by atoms with Crippen LogP contribution in [-0.2, 0) is 32.1 Å². The molecule has 41 heavy (non-hydrogen) atoms. The van der Waals surface area contributed by atoms with E-state index in [1.807, 2.05) is 0 Å². The monoisotopic (exact) mass is 609 g/mol. The molecule has 216 valence electrons. The molecule has 0 spiro atoms. The fourth-order valence-corrected chi connectivity index (χ4v) is 6.46. The molecule has 0 radical (unpaired) electrons. The quantitative estimate of drug-likeness (QED) is 0.206. The molecule has 0 aromatic carbocycles. The van der Waals surface area contributed by atoms with Gasteiger partial charge >= 0.3 is 8.25 Å². The van der Waals surface area contributed by atoms with E-state index in [1.165, 1.54) is 34.4 Å². The Morgan fingerprint density at radius 3 is 2.15 bits per heavy atom. The number of nitrogen functional groups attached to an aromatic ring is 2. The van der Waals surface area contributed by atoms with E-state index in [-0.39, 0.29) is 24.8 Å². The van der Waals surface area contributed by atoms with Crippen molar-refractivity contribution in [1.29, 1.82) is 0 Å². The number of aromatic nitrogens is 8. The molecule has 6 N–H and O–H groups in total. The summed E-state index contributed by atoms with van der Waals surface area (Å²) in [4.78, 5) is 24.7. The molecule has 7 rings (SSSR count). The van der Waals surface area contributed by atoms with Crippen molar-refractivity contribution in [3.05, 3.63) is 25.3 Å². The molecule has 0 aliphatic carbocycles. The van der Waals surface area contributed by atoms with Gasteiger partial charge in [-0.3, -0.25) is 9.13 Å². The van der Waals surface area contributed by atoms with E-state index in [0.717, 1.165) is 0 Å². The van der Waals surface area contributed by atoms with Gasteiger partial charge in [-0.25, -0.2) is 29.9 Å². The second-order valence-electron chi connectivity index (χ2n) is 9.34. The van der Waals surface area contributed by atoms with Crippen LogP contribution in [0.25, 0.3) is 22.3 Å². The Balaban J connectivity index is 1.13. The summed E-state index contributed by atoms with van der Waals surface area (Å²) < 4.78 is 50.7. The number of hydrogen-bond donors (Lipinski definition) is 4. The Morgan fingerprint density at radius 2 is 1.46 bits per heavy atom. The van der Waals surface area contributed by atoms with Gasteiger partial charge in [-0.15, -0.1) is 9.05 Å². The lowest BCUT2D eigenvalue weighted by molar-refractivity contribution is -0.0553. The summed E-state index contributed by atoms with van der Waals surface area (Å²) in [5.41, 5.74) is 13.1. The maximum atomic E-state index is 13.0. The Hall–Kier alpha value is -3.09. The molecule has 0 amide bonds. The molecule has 10 atom stereocenters. The van der Waals surface area contributed by atoms with Gasteiger partial charge < -0.3 is 40.2 Å². The fourth-order valence-electron chi connectivity index (χ4n) is 5.00. The second-order valence-corrected chi connectivity index (χ2v) is 11.0. The van der Waals surface area contributed by atoms with Crippen molar-refractivity contribution >= 4 is 51.3 Å². The minimum atomic E-state index is -2.81. The number of nitrogens with two attached hydrogens (primary N) is 2. The van der Waals surface area contributed by atoms with Crippen LogP contribution in [-0.4, -0.2) is 99.1 Å². The summed E-state index contributed by atoms with van der Waals surface area (Å²) in [7, 11) is -3.39. The molecule has 3 fully saturated rings. The van der Waals surface area contributed by atoms with E-state index in [1.54, 1.807) is 0 Å². The maximum absolute atomic E-state index is 13.0. The number of anilines is 2. The van der Waals surface area contributed by atoms with Crippen LogP contribution in [0, 0.1) is 0 Å². The Bertz CT molecular complexity index is 1610. The van der Waals surface area contributed by atoms with Crippen molar-refractivity contribution in [2.75, 3.05) is 24.7 Å². The molecule has 19 nitrogen and oxygen atoms in total. The highest BCUT2D eigenvalue weighted by atomic mass is 31.1. The Kier molecular flexibility index (Phi) is 6.95. The average Bonchev–Trinajstić information content (AvgIpc) is 3.72. The van der Waals surface area contributed by atoms with Crippen molar-refractivity contribution in [1.82, 2.24) is 39.0 Å². The van der Waals surface area contributed by atoms with Crippen molar-refractivity contribution in [3.63, 3.8) is 0 Å². The number of hydrogen-bond acceptors (Lipinski definition) is 17. The summed E-state index contributed by atoms with van der Waals surface area (Å²) in [6.45, 7) is -0.408. The molecular weight excluding hydrogens is 586 g/mol. The third-order valence-corrected chi connectivity index (χ3v) is 8.42. The Morgan fingerprint density at radius 1 is 0.829 bits per heavy atom. The number of aliphatic hydroxyl groups excluding tert-OH is 2. The first kappa shape index (κ1) is 26.8. The highest BCUT2D eigenvalue weighted by Gasteiger charge is 2.53. The Labute approximate surface area is 232 Å². The number of fused-ring (bicyclic) bond motifs is 5. The zero-order chi connectivity index (χ0) is 28.2. The molecule has 2 unspecified atom stereocenters. The van der Waals surface area contributed by atoms with Gasteiger partial charge in [0, 0.05) is 4.57 Å². The van der Waals surface area contributed by atoms with Gasteiger partial charge in [0.25, 0.3) is 0 Å². The van der Waals surface area contributed by atoms with Crippen molar-refractivity contribution in [2.45, 2.75) is 49.1 Å². The van der Waals surface area contributed by atoms with Crippen LogP contribution in [0.2, 0.25) is 0 Å². The highest BCUT2D eigenvalue weighted by Crippen LogP contribution is 2.43. The lowest BCUT2D eigenvalue weighted by Gasteiger charge is -2.20. The number of aliphatic hydroxyl groups is 2. The molecule has 3 aliphatic heterocycles. The second kappa shape index (κ2) is 10.6. The zero-order valence-corrected chi connectivity index (χ0v) is 22.7. The third kappa shape index (κ3) is 4.60. The molecule has 4 aromatic heterocycles. The van der Waals surface area contributed by atoms with Crippen LogP contribution < -0.4 is 11.5 Å². The third-order valence-electron chi connectivity index (χ3n) is 6.99. The van der Waals surface area contributed by atoms with E-state index in [9.17, 15) is 14.8 Å². The van der Waals surface area contributed by atoms with E-state index >= 15 is 0 Å². The molecule has 3 saturated heterocycles. The lowest BCUT2D eigenvalue weighted by Crippen LogP contribution is -2.34. The predicted molar refractivity (Wildman–Crippen MR) is 137 cm³/mol. The van der Waals surface area contributed by atoms with Crippen LogP contribution in [0.4, 0.5) is 11.6 Å². The maximum Gasteiger partial charge on any atom is 0.698 e. The summed E-state index contributed by atoms with van der Waals surface area (Å²) in [6.07, 6.45) is -3.02. The molecule has 7 heterocycles. The van der Waals surface area contributed by atoms with Crippen molar-refractivity contribution < 1.29 is 42.3 Å². The number of imidazole rings is 2. The first-order chi connectivity index (χ1) is 19.9. The molecular formula is C20H23N10O9P2+. The van der Waals surface area contributed by atoms with Crippen LogP contribution in [0.15, 0.2) is 25.3 Å². The van der Waals surface area contributed by atoms with Crippen molar-refractivity contribution in [2.24, 2.45) is 0 Å². The van der Waals surface area contributed by atoms with Gasteiger partial charge in [0.05, 0.1) is 19.3 Å². The van der Waals surface area contributed by atoms with Gasteiger partial charge in [-0.2, -0.15) is 0 Å². The van der Waals surface area contributed by atoms with Gasteiger partial charge in [-0.1, -0.05) is 0 Å². The minimum absolute atomic E-state index is 0.114. The van der Waals surface area contributed by atoms with Gasteiger partial charge in [0.15, 0.2) is 50.5 Å².